The first-order valence-corrected chi connectivity index (χ1v) is 9.86. The minimum absolute atomic E-state index is 0.0522. The number of hydrogen-bond acceptors (Lipinski definition) is 4. The fourth-order valence-electron chi connectivity index (χ4n) is 3.98. The summed E-state index contributed by atoms with van der Waals surface area (Å²) in [4.78, 5) is 9.42. The summed E-state index contributed by atoms with van der Waals surface area (Å²) in [7, 11) is 3.80. The van der Waals surface area contributed by atoms with Crippen molar-refractivity contribution in [3.63, 3.8) is 0 Å². The van der Waals surface area contributed by atoms with E-state index in [0.717, 1.165) is 37.1 Å². The van der Waals surface area contributed by atoms with Gasteiger partial charge in [-0.1, -0.05) is 6.92 Å². The highest BCUT2D eigenvalue weighted by Crippen LogP contribution is 2.22. The second kappa shape index (κ2) is 8.86. The van der Waals surface area contributed by atoms with Crippen LogP contribution in [0, 0.1) is 5.92 Å². The molecular formula is C19H34N6O. The molecule has 0 amide bonds. The monoisotopic (exact) mass is 362 g/mol. The zero-order chi connectivity index (χ0) is 18.5. The van der Waals surface area contributed by atoms with Crippen LogP contribution < -0.4 is 5.32 Å². The summed E-state index contributed by atoms with van der Waals surface area (Å²) >= 11 is 0. The molecule has 2 aliphatic rings. The Morgan fingerprint density at radius 2 is 2.27 bits per heavy atom. The molecule has 2 fully saturated rings. The average molecular weight is 363 g/mol. The third-order valence-electron chi connectivity index (χ3n) is 5.54. The van der Waals surface area contributed by atoms with Crippen LogP contribution in [-0.4, -0.2) is 78.0 Å². The predicted octanol–water partition coefficient (Wildman–Crippen LogP) is 1.49. The molecule has 1 aromatic rings. The summed E-state index contributed by atoms with van der Waals surface area (Å²) in [5.41, 5.74) is 1.13. The molecule has 7 heteroatoms. The van der Waals surface area contributed by atoms with Gasteiger partial charge in [0.25, 0.3) is 0 Å². The second-order valence-corrected chi connectivity index (χ2v) is 7.77. The van der Waals surface area contributed by atoms with Gasteiger partial charge in [0.15, 0.2) is 5.96 Å². The van der Waals surface area contributed by atoms with Crippen molar-refractivity contribution in [3.8, 4) is 0 Å². The van der Waals surface area contributed by atoms with Crippen molar-refractivity contribution < 1.29 is 4.74 Å². The van der Waals surface area contributed by atoms with Crippen molar-refractivity contribution in [2.75, 3.05) is 46.4 Å². The first kappa shape index (κ1) is 19.2. The number of ether oxygens (including phenoxy) is 1. The van der Waals surface area contributed by atoms with Crippen molar-refractivity contribution in [2.24, 2.45) is 18.0 Å². The molecule has 0 aromatic carbocycles. The molecule has 3 heterocycles. The van der Waals surface area contributed by atoms with E-state index in [1.807, 2.05) is 31.2 Å². The van der Waals surface area contributed by atoms with Crippen molar-refractivity contribution in [1.29, 1.82) is 0 Å². The number of aryl methyl sites for hydroxylation is 1. The van der Waals surface area contributed by atoms with Gasteiger partial charge in [-0.05, 0) is 32.2 Å². The quantitative estimate of drug-likeness (QED) is 0.650. The second-order valence-electron chi connectivity index (χ2n) is 7.77. The van der Waals surface area contributed by atoms with Crippen LogP contribution in [0.15, 0.2) is 17.4 Å². The Kier molecular flexibility index (Phi) is 6.53. The van der Waals surface area contributed by atoms with Crippen LogP contribution >= 0.6 is 0 Å². The summed E-state index contributed by atoms with van der Waals surface area (Å²) in [5, 5.41) is 7.85. The molecule has 146 valence electrons. The van der Waals surface area contributed by atoms with Gasteiger partial charge in [0, 0.05) is 51.5 Å². The molecule has 1 N–H and O–H groups in total. The van der Waals surface area contributed by atoms with Gasteiger partial charge in [0.1, 0.15) is 6.10 Å². The molecule has 0 aliphatic carbocycles. The number of guanidine groups is 1. The molecule has 0 spiro atoms. The first-order valence-electron chi connectivity index (χ1n) is 9.86. The van der Waals surface area contributed by atoms with Crippen molar-refractivity contribution in [2.45, 2.75) is 38.8 Å². The number of nitrogens with one attached hydrogen (secondary N) is 1. The maximum atomic E-state index is 5.95. The Bertz CT molecular complexity index is 601. The molecule has 2 saturated heterocycles. The number of hydrogen-bond donors (Lipinski definition) is 1. The summed E-state index contributed by atoms with van der Waals surface area (Å²) < 4.78 is 7.77. The van der Waals surface area contributed by atoms with Crippen molar-refractivity contribution >= 4 is 5.96 Å². The summed E-state index contributed by atoms with van der Waals surface area (Å²) in [6.07, 6.45) is 6.66. The Balaban J connectivity index is 1.53. The Morgan fingerprint density at radius 1 is 1.42 bits per heavy atom. The maximum Gasteiger partial charge on any atom is 0.193 e. The summed E-state index contributed by atoms with van der Waals surface area (Å²) in [6, 6.07) is 0.518. The highest BCUT2D eigenvalue weighted by atomic mass is 16.5. The molecule has 2 aliphatic heterocycles. The zero-order valence-electron chi connectivity index (χ0n) is 16.7. The van der Waals surface area contributed by atoms with Crippen LogP contribution in [0.5, 0.6) is 0 Å². The first-order chi connectivity index (χ1) is 12.6. The van der Waals surface area contributed by atoms with Crippen LogP contribution in [-0.2, 0) is 11.8 Å². The molecule has 0 radical (unpaired) electrons. The molecule has 0 saturated carbocycles. The molecule has 3 rings (SSSR count). The van der Waals surface area contributed by atoms with Gasteiger partial charge in [0.05, 0.1) is 19.3 Å². The van der Waals surface area contributed by atoms with Crippen LogP contribution in [0.1, 0.15) is 38.4 Å². The molecule has 3 unspecified atom stereocenters. The smallest absolute Gasteiger partial charge is 0.193 e. The van der Waals surface area contributed by atoms with Crippen LogP contribution in [0.3, 0.4) is 0 Å². The molecule has 0 bridgehead atoms. The standard InChI is InChI=1S/C19H34N6O/c1-15-6-5-7-24(12-15)16(2)10-21-19(20-3)25-8-9-26-18(14-25)17-11-22-23(4)13-17/h11,13,15-16,18H,5-10,12,14H2,1-4H3,(H,20,21). The molecular weight excluding hydrogens is 328 g/mol. The van der Waals surface area contributed by atoms with Gasteiger partial charge < -0.3 is 15.0 Å². The van der Waals surface area contributed by atoms with Crippen molar-refractivity contribution in [3.05, 3.63) is 18.0 Å². The summed E-state index contributed by atoms with van der Waals surface area (Å²) in [5.74, 6) is 1.78. The van der Waals surface area contributed by atoms with Gasteiger partial charge >= 0.3 is 0 Å². The van der Waals surface area contributed by atoms with E-state index in [9.17, 15) is 0 Å². The number of morpholine rings is 1. The highest BCUT2D eigenvalue weighted by molar-refractivity contribution is 5.80. The van der Waals surface area contributed by atoms with Crippen LogP contribution in [0.25, 0.3) is 0 Å². The maximum absolute atomic E-state index is 5.95. The summed E-state index contributed by atoms with van der Waals surface area (Å²) in [6.45, 7) is 10.4. The van der Waals surface area contributed by atoms with E-state index in [1.165, 1.54) is 25.9 Å². The van der Waals surface area contributed by atoms with E-state index in [-0.39, 0.29) is 6.10 Å². The lowest BCUT2D eigenvalue weighted by Gasteiger charge is -2.38. The minimum Gasteiger partial charge on any atom is -0.370 e. The fourth-order valence-corrected chi connectivity index (χ4v) is 3.98. The lowest BCUT2D eigenvalue weighted by atomic mass is 9.99. The SMILES string of the molecule is CN=C(NCC(C)N1CCCC(C)C1)N1CCOC(c2cnn(C)c2)C1. The number of likely N-dealkylation sites (tertiary alicyclic amines) is 1. The van der Waals surface area contributed by atoms with Crippen LogP contribution in [0.2, 0.25) is 0 Å². The van der Waals surface area contributed by atoms with Gasteiger partial charge in [-0.15, -0.1) is 0 Å². The third-order valence-corrected chi connectivity index (χ3v) is 5.54. The molecule has 26 heavy (non-hydrogen) atoms. The normalized spacial score (nSPS) is 26.8. The van der Waals surface area contributed by atoms with Gasteiger partial charge in [-0.2, -0.15) is 5.10 Å². The van der Waals surface area contributed by atoms with Gasteiger partial charge in [-0.25, -0.2) is 0 Å². The van der Waals surface area contributed by atoms with E-state index in [0.29, 0.717) is 12.6 Å². The third kappa shape index (κ3) is 4.76. The number of nitrogens with zero attached hydrogens (tertiary/aromatic N) is 5. The van der Waals surface area contributed by atoms with Gasteiger partial charge in [-0.3, -0.25) is 14.6 Å². The van der Waals surface area contributed by atoms with E-state index < -0.39 is 0 Å². The predicted molar refractivity (Wildman–Crippen MR) is 104 cm³/mol. The molecule has 1 aromatic heterocycles. The minimum atomic E-state index is 0.0522. The highest BCUT2D eigenvalue weighted by Gasteiger charge is 2.26. The van der Waals surface area contributed by atoms with E-state index in [4.69, 9.17) is 4.74 Å². The van der Waals surface area contributed by atoms with E-state index in [1.54, 1.807) is 0 Å². The largest absolute Gasteiger partial charge is 0.370 e. The number of piperidine rings is 1. The number of aliphatic imine (C=N–C) groups is 1. The van der Waals surface area contributed by atoms with Gasteiger partial charge in [0.2, 0.25) is 0 Å². The van der Waals surface area contributed by atoms with Crippen LogP contribution in [0.4, 0.5) is 0 Å². The van der Waals surface area contributed by atoms with E-state index in [2.05, 4.69) is 39.1 Å². The molecule has 3 atom stereocenters. The Morgan fingerprint density at radius 3 is 2.96 bits per heavy atom. The van der Waals surface area contributed by atoms with E-state index >= 15 is 0 Å². The Labute approximate surface area is 157 Å². The fraction of sp³-hybridized carbons (Fsp3) is 0.789. The van der Waals surface area contributed by atoms with Crippen molar-refractivity contribution in [1.82, 2.24) is 24.9 Å². The average Bonchev–Trinajstić information content (AvgIpc) is 3.09. The number of aromatic nitrogens is 2. The lowest BCUT2D eigenvalue weighted by Crippen LogP contribution is -2.52. The lowest BCUT2D eigenvalue weighted by molar-refractivity contribution is -0.00815. The topological polar surface area (TPSA) is 57.9 Å². The zero-order valence-corrected chi connectivity index (χ0v) is 16.7. The Hall–Kier alpha value is -1.60. The molecule has 7 nitrogen and oxygen atoms in total. The number of rotatable bonds is 4.